The molecule has 0 aliphatic rings. The number of hydrogen-bond acceptors (Lipinski definition) is 4. The van der Waals surface area contributed by atoms with Crippen LogP contribution in [0.15, 0.2) is 35.5 Å². The maximum atomic E-state index is 5.20. The van der Waals surface area contributed by atoms with E-state index in [0.29, 0.717) is 4.77 Å². The normalized spacial score (nSPS) is 10.9. The van der Waals surface area contributed by atoms with Gasteiger partial charge >= 0.3 is 0 Å². The van der Waals surface area contributed by atoms with E-state index in [2.05, 4.69) is 10.1 Å². The first-order valence-electron chi connectivity index (χ1n) is 4.76. The van der Waals surface area contributed by atoms with Crippen molar-refractivity contribution in [2.75, 3.05) is 14.1 Å². The Bertz CT molecular complexity index is 515. The summed E-state index contributed by atoms with van der Waals surface area (Å²) in [4.78, 5) is 4.27. The molecule has 0 aliphatic carbocycles. The van der Waals surface area contributed by atoms with E-state index >= 15 is 0 Å². The second-order valence-corrected chi connectivity index (χ2v) is 5.05. The van der Waals surface area contributed by atoms with E-state index < -0.39 is 0 Å². The first-order valence-corrected chi connectivity index (χ1v) is 5.95. The lowest BCUT2D eigenvalue weighted by Gasteiger charge is -2.04. The quantitative estimate of drug-likeness (QED) is 0.672. The minimum atomic E-state index is 0.538. The summed E-state index contributed by atoms with van der Waals surface area (Å²) in [5.41, 5.74) is 0.991. The van der Waals surface area contributed by atoms with Gasteiger partial charge in [0.25, 0.3) is 0 Å². The molecule has 0 saturated carbocycles. The molecule has 6 heteroatoms. The summed E-state index contributed by atoms with van der Waals surface area (Å²) in [6, 6.07) is 9.88. The summed E-state index contributed by atoms with van der Waals surface area (Å²) in [7, 11) is 3.92. The largest absolute Gasteiger partial charge is 0.268 e. The summed E-state index contributed by atoms with van der Waals surface area (Å²) in [5, 5.41) is 3.94. The smallest absolute Gasteiger partial charge is 0.221 e. The van der Waals surface area contributed by atoms with Crippen LogP contribution in [0.1, 0.15) is 0 Å². The third-order valence-electron chi connectivity index (χ3n) is 1.88. The van der Waals surface area contributed by atoms with Gasteiger partial charge in [-0.3, -0.25) is 5.10 Å². The molecular formula is C10H12N4S2. The number of nitrogens with zero attached hydrogens (tertiary/aromatic N) is 3. The second kappa shape index (κ2) is 4.82. The third kappa shape index (κ3) is 2.52. The van der Waals surface area contributed by atoms with Gasteiger partial charge in [0.2, 0.25) is 4.77 Å². The summed E-state index contributed by atoms with van der Waals surface area (Å²) in [6.07, 6.45) is 0. The highest BCUT2D eigenvalue weighted by molar-refractivity contribution is 7.96. The fraction of sp³-hybridized carbons (Fsp3) is 0.200. The van der Waals surface area contributed by atoms with Gasteiger partial charge in [-0.1, -0.05) is 18.2 Å². The van der Waals surface area contributed by atoms with E-state index in [4.69, 9.17) is 12.2 Å². The molecule has 2 aromatic rings. The van der Waals surface area contributed by atoms with E-state index in [0.717, 1.165) is 10.8 Å². The van der Waals surface area contributed by atoms with Gasteiger partial charge in [0.15, 0.2) is 5.16 Å². The zero-order valence-corrected chi connectivity index (χ0v) is 10.7. The molecule has 0 spiro atoms. The predicted octanol–water partition coefficient (Wildman–Crippen LogP) is 2.50. The van der Waals surface area contributed by atoms with Crippen LogP contribution < -0.4 is 0 Å². The molecule has 1 aromatic heterocycles. The minimum absolute atomic E-state index is 0.538. The number of nitrogens with one attached hydrogen (secondary N) is 1. The zero-order valence-electron chi connectivity index (χ0n) is 9.04. The average molecular weight is 252 g/mol. The summed E-state index contributed by atoms with van der Waals surface area (Å²) < 4.78 is 4.29. The molecule has 16 heavy (non-hydrogen) atoms. The fourth-order valence-corrected chi connectivity index (χ4v) is 2.18. The summed E-state index contributed by atoms with van der Waals surface area (Å²) >= 11 is 6.70. The molecule has 4 nitrogen and oxygen atoms in total. The highest BCUT2D eigenvalue weighted by atomic mass is 32.2. The Morgan fingerprint density at radius 3 is 2.62 bits per heavy atom. The Labute approximate surface area is 103 Å². The summed E-state index contributed by atoms with van der Waals surface area (Å²) in [5.74, 6) is 0. The van der Waals surface area contributed by atoms with Gasteiger partial charge in [0.1, 0.15) is 0 Å². The maximum absolute atomic E-state index is 5.20. The van der Waals surface area contributed by atoms with Crippen LogP contribution in [-0.4, -0.2) is 33.2 Å². The Kier molecular flexibility index (Phi) is 3.42. The number of aromatic nitrogens is 3. The molecule has 0 radical (unpaired) electrons. The van der Waals surface area contributed by atoms with Gasteiger partial charge in [0, 0.05) is 0 Å². The van der Waals surface area contributed by atoms with Crippen LogP contribution in [-0.2, 0) is 0 Å². The monoisotopic (exact) mass is 252 g/mol. The van der Waals surface area contributed by atoms with Crippen molar-refractivity contribution in [1.29, 1.82) is 0 Å². The van der Waals surface area contributed by atoms with Crippen molar-refractivity contribution < 1.29 is 0 Å². The number of hydrogen-bond donors (Lipinski definition) is 1. The van der Waals surface area contributed by atoms with Gasteiger partial charge in [-0.2, -0.15) is 4.98 Å². The number of H-pyrrole nitrogens is 1. The molecule has 0 atom stereocenters. The predicted molar refractivity (Wildman–Crippen MR) is 68.3 cm³/mol. The Morgan fingerprint density at radius 2 is 2.00 bits per heavy atom. The number of rotatable bonds is 3. The Balaban J connectivity index is 2.36. The molecule has 0 fully saturated rings. The zero-order chi connectivity index (χ0) is 11.5. The van der Waals surface area contributed by atoms with Crippen molar-refractivity contribution in [3.8, 4) is 5.69 Å². The van der Waals surface area contributed by atoms with E-state index in [1.165, 1.54) is 11.9 Å². The lowest BCUT2D eigenvalue weighted by atomic mass is 10.3. The molecule has 1 aromatic carbocycles. The van der Waals surface area contributed by atoms with Crippen LogP contribution in [0.5, 0.6) is 0 Å². The van der Waals surface area contributed by atoms with Crippen LogP contribution in [0.2, 0.25) is 0 Å². The molecule has 0 bridgehead atoms. The van der Waals surface area contributed by atoms with Gasteiger partial charge < -0.3 is 0 Å². The van der Waals surface area contributed by atoms with E-state index in [1.54, 1.807) is 4.68 Å². The van der Waals surface area contributed by atoms with Crippen LogP contribution in [0.4, 0.5) is 0 Å². The molecule has 84 valence electrons. The third-order valence-corrected chi connectivity index (χ3v) is 2.87. The number of aromatic amines is 1. The second-order valence-electron chi connectivity index (χ2n) is 3.39. The molecule has 2 rings (SSSR count). The fourth-order valence-electron chi connectivity index (χ4n) is 1.27. The molecular weight excluding hydrogens is 240 g/mol. The van der Waals surface area contributed by atoms with E-state index in [-0.39, 0.29) is 0 Å². The molecule has 0 amide bonds. The van der Waals surface area contributed by atoms with E-state index in [9.17, 15) is 0 Å². The molecule has 0 aliphatic heterocycles. The van der Waals surface area contributed by atoms with Gasteiger partial charge in [-0.25, -0.2) is 8.99 Å². The minimum Gasteiger partial charge on any atom is -0.268 e. The topological polar surface area (TPSA) is 36.9 Å². The highest BCUT2D eigenvalue weighted by Gasteiger charge is 2.05. The lowest BCUT2D eigenvalue weighted by Crippen LogP contribution is -2.00. The average Bonchev–Trinajstić information content (AvgIpc) is 2.60. The van der Waals surface area contributed by atoms with Crippen LogP contribution in [0, 0.1) is 4.77 Å². The molecule has 0 saturated heterocycles. The maximum Gasteiger partial charge on any atom is 0.221 e. The van der Waals surface area contributed by atoms with Gasteiger partial charge in [-0.15, -0.1) is 0 Å². The van der Waals surface area contributed by atoms with Crippen molar-refractivity contribution in [3.05, 3.63) is 35.1 Å². The standard InChI is InChI=1S/C10H12N4S2/c1-13(2)16-9-11-10(15)14(12-9)8-6-4-3-5-7-8/h3-7H,1-2H3,(H,11,12,15). The molecule has 0 unspecified atom stereocenters. The number of para-hydroxylation sites is 1. The SMILES string of the molecule is CN(C)Sc1nc(=S)n(-c2ccccc2)[nH]1. The van der Waals surface area contributed by atoms with Gasteiger partial charge in [-0.05, 0) is 50.4 Å². The van der Waals surface area contributed by atoms with Crippen LogP contribution >= 0.6 is 24.2 Å². The first kappa shape index (κ1) is 11.4. The van der Waals surface area contributed by atoms with Gasteiger partial charge in [0.05, 0.1) is 5.69 Å². The van der Waals surface area contributed by atoms with E-state index in [1.807, 2.05) is 48.7 Å². The number of benzene rings is 1. The van der Waals surface area contributed by atoms with Crippen molar-refractivity contribution in [3.63, 3.8) is 0 Å². The van der Waals surface area contributed by atoms with Crippen LogP contribution in [0.25, 0.3) is 5.69 Å². The molecule has 1 heterocycles. The van der Waals surface area contributed by atoms with Crippen LogP contribution in [0.3, 0.4) is 0 Å². The molecule has 1 N–H and O–H groups in total. The first-order chi connectivity index (χ1) is 7.66. The Hall–Kier alpha value is -1.11. The van der Waals surface area contributed by atoms with Crippen molar-refractivity contribution in [2.45, 2.75) is 5.16 Å². The van der Waals surface area contributed by atoms with Crippen molar-refractivity contribution >= 4 is 24.2 Å². The lowest BCUT2D eigenvalue weighted by molar-refractivity contribution is 0.693. The van der Waals surface area contributed by atoms with Crippen molar-refractivity contribution in [1.82, 2.24) is 19.1 Å². The van der Waals surface area contributed by atoms with Crippen molar-refractivity contribution in [2.24, 2.45) is 0 Å². The highest BCUT2D eigenvalue weighted by Crippen LogP contribution is 2.16. The summed E-state index contributed by atoms with van der Waals surface area (Å²) in [6.45, 7) is 0. The Morgan fingerprint density at radius 1 is 1.31 bits per heavy atom.